The van der Waals surface area contributed by atoms with Crippen molar-refractivity contribution < 1.29 is 0 Å². The van der Waals surface area contributed by atoms with Gasteiger partial charge in [-0.05, 0) is 20.8 Å². The van der Waals surface area contributed by atoms with E-state index >= 15 is 0 Å². The molecular weight excluding hydrogens is 144 g/mol. The summed E-state index contributed by atoms with van der Waals surface area (Å²) in [5.41, 5.74) is 1.17. The van der Waals surface area contributed by atoms with Gasteiger partial charge in [-0.2, -0.15) is 0 Å². The Balaban J connectivity index is -0.0000000368. The van der Waals surface area contributed by atoms with Crippen molar-refractivity contribution in [2.24, 2.45) is 0 Å². The summed E-state index contributed by atoms with van der Waals surface area (Å²) in [6.07, 6.45) is 3.00. The molecule has 0 aliphatic carbocycles. The van der Waals surface area contributed by atoms with Crippen LogP contribution in [0.3, 0.4) is 0 Å². The second-order valence-electron chi connectivity index (χ2n) is 2.32. The maximum Gasteiger partial charge on any atom is -0.0445 e. The molecule has 0 saturated carbocycles. The lowest BCUT2D eigenvalue weighted by molar-refractivity contribution is 1.09. The molecule has 0 saturated heterocycles. The molecule has 0 heteroatoms. The van der Waals surface area contributed by atoms with Gasteiger partial charge in [0.05, 0.1) is 0 Å². The van der Waals surface area contributed by atoms with Crippen molar-refractivity contribution in [3.8, 4) is 0 Å². The standard InChI is InChI=1S/C4H8.C3H8.C3H6.C2H6/c1-4(2)3;2*1-3-2;1-2/h1H2,2-3H3;3H2,1-2H3;3H,1H2,2H3;1-2H3. The van der Waals surface area contributed by atoms with E-state index in [0.717, 1.165) is 0 Å². The Labute approximate surface area is 80.4 Å². The average Bonchev–Trinajstić information content (AvgIpc) is 1.92. The molecule has 0 nitrogen and oxygen atoms in total. The van der Waals surface area contributed by atoms with Gasteiger partial charge in [0, 0.05) is 0 Å². The van der Waals surface area contributed by atoms with Gasteiger partial charge in [0.15, 0.2) is 0 Å². The summed E-state index contributed by atoms with van der Waals surface area (Å²) < 4.78 is 0. The SMILES string of the molecule is C=C(C)C.C=CC.CC.CCC. The lowest BCUT2D eigenvalue weighted by Crippen LogP contribution is -1.43. The third-order valence-electron chi connectivity index (χ3n) is 0. The third-order valence-corrected chi connectivity index (χ3v) is 0. The van der Waals surface area contributed by atoms with E-state index in [1.807, 2.05) is 34.6 Å². The average molecular weight is 172 g/mol. The second kappa shape index (κ2) is 46.9. The molecule has 0 fully saturated rings. The Morgan fingerprint density at radius 2 is 1.17 bits per heavy atom. The highest BCUT2D eigenvalue weighted by molar-refractivity contribution is 4.78. The predicted octanol–water partition coefficient (Wildman–Crippen LogP) is 5.22. The molecule has 0 atom stereocenters. The minimum absolute atomic E-state index is 1.17. The summed E-state index contributed by atoms with van der Waals surface area (Å²) in [5.74, 6) is 0. The van der Waals surface area contributed by atoms with Crippen LogP contribution in [-0.2, 0) is 0 Å². The van der Waals surface area contributed by atoms with Gasteiger partial charge < -0.3 is 0 Å². The van der Waals surface area contributed by atoms with Gasteiger partial charge in [0.2, 0.25) is 0 Å². The van der Waals surface area contributed by atoms with E-state index in [-0.39, 0.29) is 0 Å². The molecule has 0 rings (SSSR count). The Bertz CT molecular complexity index is 56.4. The lowest BCUT2D eigenvalue weighted by Gasteiger charge is -1.65. The minimum atomic E-state index is 1.17. The van der Waals surface area contributed by atoms with Crippen molar-refractivity contribution in [2.45, 2.75) is 54.9 Å². The van der Waals surface area contributed by atoms with Crippen LogP contribution >= 0.6 is 0 Å². The topological polar surface area (TPSA) is 0 Å². The summed E-state index contributed by atoms with van der Waals surface area (Å²) in [7, 11) is 0. The first-order chi connectivity index (χ1) is 5.56. The maximum atomic E-state index is 3.56. The van der Waals surface area contributed by atoms with Crippen LogP contribution in [0, 0.1) is 0 Å². The predicted molar refractivity (Wildman–Crippen MR) is 63.7 cm³/mol. The zero-order chi connectivity index (χ0) is 11.0. The number of hydrogen-bond acceptors (Lipinski definition) is 0. The smallest absolute Gasteiger partial charge is 0.0445 e. The molecule has 0 aromatic heterocycles. The summed E-state index contributed by atoms with van der Waals surface area (Å²) in [6.45, 7) is 21.0. The third kappa shape index (κ3) is 2520. The molecule has 12 heavy (non-hydrogen) atoms. The summed E-state index contributed by atoms with van der Waals surface area (Å²) in [5, 5.41) is 0. The van der Waals surface area contributed by atoms with Crippen LogP contribution in [0.2, 0.25) is 0 Å². The van der Waals surface area contributed by atoms with Crippen molar-refractivity contribution in [3.05, 3.63) is 24.8 Å². The van der Waals surface area contributed by atoms with Crippen molar-refractivity contribution in [1.82, 2.24) is 0 Å². The van der Waals surface area contributed by atoms with Crippen LogP contribution in [0.4, 0.5) is 0 Å². The van der Waals surface area contributed by atoms with Crippen LogP contribution in [-0.4, -0.2) is 0 Å². The van der Waals surface area contributed by atoms with E-state index in [0.29, 0.717) is 0 Å². The highest BCUT2D eigenvalue weighted by Crippen LogP contribution is 1.73. The quantitative estimate of drug-likeness (QED) is 0.440. The van der Waals surface area contributed by atoms with Crippen molar-refractivity contribution in [3.63, 3.8) is 0 Å². The molecule has 0 spiro atoms. The lowest BCUT2D eigenvalue weighted by atomic mass is 10.4. The summed E-state index contributed by atoms with van der Waals surface area (Å²) in [6, 6.07) is 0. The molecule has 76 valence electrons. The summed E-state index contributed by atoms with van der Waals surface area (Å²) in [4.78, 5) is 0. The Morgan fingerprint density at radius 3 is 1.17 bits per heavy atom. The molecule has 0 aromatic carbocycles. The van der Waals surface area contributed by atoms with Gasteiger partial charge in [0.1, 0.15) is 0 Å². The molecule has 0 heterocycles. The molecule has 0 aromatic rings. The molecule has 0 unspecified atom stereocenters. The molecule has 0 bridgehead atoms. The molecule has 0 aliphatic heterocycles. The van der Waals surface area contributed by atoms with Gasteiger partial charge in [-0.1, -0.05) is 45.8 Å². The van der Waals surface area contributed by atoms with E-state index in [2.05, 4.69) is 27.0 Å². The van der Waals surface area contributed by atoms with E-state index in [1.54, 1.807) is 6.08 Å². The van der Waals surface area contributed by atoms with Gasteiger partial charge in [-0.15, -0.1) is 13.2 Å². The Hall–Kier alpha value is -0.520. The van der Waals surface area contributed by atoms with Crippen LogP contribution < -0.4 is 0 Å². The Kier molecular flexibility index (Phi) is 88.1. The first kappa shape index (κ1) is 22.5. The number of allylic oxidation sites excluding steroid dienone is 2. The largest absolute Gasteiger partial charge is 0.103 e. The fraction of sp³-hybridized carbons (Fsp3) is 0.667. The van der Waals surface area contributed by atoms with Gasteiger partial charge >= 0.3 is 0 Å². The Morgan fingerprint density at radius 1 is 1.17 bits per heavy atom. The first-order valence-electron chi connectivity index (χ1n) is 4.75. The molecule has 0 aliphatic rings. The molecule has 0 N–H and O–H groups in total. The van der Waals surface area contributed by atoms with Gasteiger partial charge in [0.25, 0.3) is 0 Å². The molecular formula is C12H28. The van der Waals surface area contributed by atoms with Crippen LogP contribution in [0.15, 0.2) is 24.8 Å². The van der Waals surface area contributed by atoms with Crippen LogP contribution in [0.25, 0.3) is 0 Å². The van der Waals surface area contributed by atoms with Crippen molar-refractivity contribution >= 4 is 0 Å². The minimum Gasteiger partial charge on any atom is -0.103 e. The zero-order valence-electron chi connectivity index (χ0n) is 10.2. The number of hydrogen-bond donors (Lipinski definition) is 0. The second-order valence-corrected chi connectivity index (χ2v) is 2.32. The van der Waals surface area contributed by atoms with E-state index in [4.69, 9.17) is 0 Å². The monoisotopic (exact) mass is 172 g/mol. The fourth-order valence-electron chi connectivity index (χ4n) is 0. The maximum absolute atomic E-state index is 3.56. The van der Waals surface area contributed by atoms with E-state index in [1.165, 1.54) is 12.0 Å². The van der Waals surface area contributed by atoms with Crippen molar-refractivity contribution in [1.29, 1.82) is 0 Å². The zero-order valence-corrected chi connectivity index (χ0v) is 10.2. The highest BCUT2D eigenvalue weighted by Gasteiger charge is 1.51. The van der Waals surface area contributed by atoms with Crippen molar-refractivity contribution in [2.75, 3.05) is 0 Å². The van der Waals surface area contributed by atoms with Crippen LogP contribution in [0.5, 0.6) is 0 Å². The highest BCUT2D eigenvalue weighted by atomic mass is 13.6. The molecule has 0 amide bonds. The van der Waals surface area contributed by atoms with E-state index in [9.17, 15) is 0 Å². The van der Waals surface area contributed by atoms with Crippen LogP contribution in [0.1, 0.15) is 54.9 Å². The van der Waals surface area contributed by atoms with E-state index < -0.39 is 0 Å². The summed E-state index contributed by atoms with van der Waals surface area (Å²) >= 11 is 0. The molecule has 0 radical (unpaired) electrons. The normalized spacial score (nSPS) is 5.25. The number of rotatable bonds is 0. The van der Waals surface area contributed by atoms with Gasteiger partial charge in [-0.3, -0.25) is 0 Å². The first-order valence-corrected chi connectivity index (χ1v) is 4.75. The van der Waals surface area contributed by atoms with Gasteiger partial charge in [-0.25, -0.2) is 0 Å². The fourth-order valence-corrected chi connectivity index (χ4v) is 0.